The monoisotopic (exact) mass is 427 g/mol. The van der Waals surface area contributed by atoms with Crippen molar-refractivity contribution in [3.8, 4) is 5.69 Å². The van der Waals surface area contributed by atoms with Gasteiger partial charge in [0.15, 0.2) is 0 Å². The number of carbonyl (C=O) groups is 2. The summed E-state index contributed by atoms with van der Waals surface area (Å²) < 4.78 is 1.89. The Balaban J connectivity index is 0.000000300. The summed E-state index contributed by atoms with van der Waals surface area (Å²) in [6, 6.07) is 4.09. The van der Waals surface area contributed by atoms with E-state index in [1.165, 1.54) is 11.1 Å². The fourth-order valence-electron chi connectivity index (χ4n) is 3.01. The van der Waals surface area contributed by atoms with Crippen LogP contribution in [0.3, 0.4) is 0 Å². The molecule has 3 N–H and O–H groups in total. The van der Waals surface area contributed by atoms with Crippen LogP contribution in [-0.4, -0.2) is 45.0 Å². The molecule has 1 aromatic heterocycles. The molecule has 28 heavy (non-hydrogen) atoms. The number of nitrogens with one attached hydrogen (secondary N) is 1. The minimum atomic E-state index is -1.08. The first kappa shape index (κ1) is 22.2. The molecule has 0 bridgehead atoms. The second kappa shape index (κ2) is 9.91. The van der Waals surface area contributed by atoms with Crippen LogP contribution in [0.1, 0.15) is 35.4 Å². The molecule has 1 aliphatic rings. The normalized spacial score (nSPS) is 13.1. The van der Waals surface area contributed by atoms with Crippen molar-refractivity contribution in [1.29, 1.82) is 0 Å². The summed E-state index contributed by atoms with van der Waals surface area (Å²) in [4.78, 5) is 19.3. The molecular formula is C19H23Cl2N3O4. The van der Waals surface area contributed by atoms with Gasteiger partial charge in [0.25, 0.3) is 0 Å². The van der Waals surface area contributed by atoms with Gasteiger partial charge in [0.2, 0.25) is 0 Å². The molecule has 152 valence electrons. The fraction of sp³-hybridized carbons (Fsp3) is 0.421. The smallest absolute Gasteiger partial charge is 0.303 e. The Morgan fingerprint density at radius 3 is 2.25 bits per heavy atom. The third-order valence-corrected chi connectivity index (χ3v) is 5.27. The van der Waals surface area contributed by atoms with Crippen molar-refractivity contribution < 1.29 is 19.8 Å². The molecule has 3 rings (SSSR count). The standard InChI is InChI=1S/C15H17Cl2N3.C4H6O4/c1-9-14(17)10(2)20(19-9)15-12-6-8-18-7-5-11(12)3-4-13(15)16;5-3(6)1-2-4(7)8/h3-4,18H,5-8H2,1-2H3;1-2H2,(H,5,6)(H,7,8). The first-order chi connectivity index (χ1) is 13.2. The van der Waals surface area contributed by atoms with Crippen LogP contribution in [0.4, 0.5) is 0 Å². The maximum atomic E-state index is 9.64. The molecule has 0 unspecified atom stereocenters. The summed E-state index contributed by atoms with van der Waals surface area (Å²) >= 11 is 12.7. The van der Waals surface area contributed by atoms with Crippen molar-refractivity contribution >= 4 is 35.1 Å². The van der Waals surface area contributed by atoms with E-state index in [-0.39, 0.29) is 12.8 Å². The van der Waals surface area contributed by atoms with Crippen LogP contribution >= 0.6 is 23.2 Å². The molecule has 7 nitrogen and oxygen atoms in total. The van der Waals surface area contributed by atoms with E-state index in [0.717, 1.165) is 48.0 Å². The molecule has 0 fully saturated rings. The second-order valence-electron chi connectivity index (χ2n) is 6.47. The summed E-state index contributed by atoms with van der Waals surface area (Å²) in [7, 11) is 0. The molecular weight excluding hydrogens is 405 g/mol. The van der Waals surface area contributed by atoms with E-state index in [4.69, 9.17) is 33.4 Å². The average molecular weight is 428 g/mol. The predicted molar refractivity (Wildman–Crippen MR) is 108 cm³/mol. The zero-order valence-corrected chi connectivity index (χ0v) is 17.3. The molecule has 2 heterocycles. The molecule has 0 saturated carbocycles. The number of hydrogen-bond donors (Lipinski definition) is 3. The number of aryl methyl sites for hydroxylation is 1. The zero-order chi connectivity index (χ0) is 20.8. The van der Waals surface area contributed by atoms with Gasteiger partial charge in [-0.3, -0.25) is 9.59 Å². The largest absolute Gasteiger partial charge is 0.481 e. The van der Waals surface area contributed by atoms with Crippen molar-refractivity contribution in [2.75, 3.05) is 13.1 Å². The summed E-state index contributed by atoms with van der Waals surface area (Å²) in [5.74, 6) is -2.15. The third-order valence-electron chi connectivity index (χ3n) is 4.42. The number of carboxylic acid groups (broad SMARTS) is 2. The van der Waals surface area contributed by atoms with Gasteiger partial charge in [-0.05, 0) is 57.0 Å². The number of benzene rings is 1. The first-order valence-electron chi connectivity index (χ1n) is 8.89. The number of halogens is 2. The van der Waals surface area contributed by atoms with E-state index in [0.29, 0.717) is 5.02 Å². The molecule has 0 spiro atoms. The zero-order valence-electron chi connectivity index (χ0n) is 15.8. The molecule has 0 atom stereocenters. The molecule has 1 aromatic carbocycles. The van der Waals surface area contributed by atoms with Gasteiger partial charge in [-0.25, -0.2) is 4.68 Å². The topological polar surface area (TPSA) is 104 Å². The van der Waals surface area contributed by atoms with Crippen molar-refractivity contribution in [1.82, 2.24) is 15.1 Å². The van der Waals surface area contributed by atoms with E-state index < -0.39 is 11.9 Å². The van der Waals surface area contributed by atoms with Gasteiger partial charge in [0.1, 0.15) is 0 Å². The van der Waals surface area contributed by atoms with Crippen LogP contribution in [-0.2, 0) is 22.4 Å². The molecule has 0 radical (unpaired) electrons. The van der Waals surface area contributed by atoms with Crippen molar-refractivity contribution in [3.05, 3.63) is 44.7 Å². The Kier molecular flexibility index (Phi) is 7.86. The van der Waals surface area contributed by atoms with E-state index in [1.54, 1.807) is 0 Å². The van der Waals surface area contributed by atoms with E-state index in [2.05, 4.69) is 16.5 Å². The molecule has 0 saturated heterocycles. The van der Waals surface area contributed by atoms with Crippen molar-refractivity contribution in [2.45, 2.75) is 39.5 Å². The SMILES string of the molecule is Cc1nn(-c2c(Cl)ccc3c2CCNCC3)c(C)c1Cl.O=C(O)CCC(=O)O. The van der Waals surface area contributed by atoms with Crippen LogP contribution < -0.4 is 5.32 Å². The number of nitrogens with zero attached hydrogens (tertiary/aromatic N) is 2. The van der Waals surface area contributed by atoms with Gasteiger partial charge in [-0.2, -0.15) is 5.10 Å². The molecule has 2 aromatic rings. The first-order valence-corrected chi connectivity index (χ1v) is 9.64. The predicted octanol–water partition coefficient (Wildman–Crippen LogP) is 3.42. The lowest BCUT2D eigenvalue weighted by Crippen LogP contribution is -2.16. The Hall–Kier alpha value is -2.09. The number of carboxylic acids is 2. The Morgan fingerprint density at radius 1 is 1.11 bits per heavy atom. The maximum Gasteiger partial charge on any atom is 0.303 e. The molecule has 0 amide bonds. The minimum Gasteiger partial charge on any atom is -0.481 e. The van der Waals surface area contributed by atoms with Crippen LogP contribution in [0, 0.1) is 13.8 Å². The Labute approximate surface area is 173 Å². The lowest BCUT2D eigenvalue weighted by Gasteiger charge is -2.15. The van der Waals surface area contributed by atoms with Crippen LogP contribution in [0.15, 0.2) is 12.1 Å². The molecule has 1 aliphatic heterocycles. The lowest BCUT2D eigenvalue weighted by molar-refractivity contribution is -0.143. The van der Waals surface area contributed by atoms with E-state index in [1.807, 2.05) is 24.6 Å². The van der Waals surface area contributed by atoms with Gasteiger partial charge >= 0.3 is 11.9 Å². The highest BCUT2D eigenvalue weighted by atomic mass is 35.5. The fourth-order valence-corrected chi connectivity index (χ4v) is 3.38. The summed E-state index contributed by atoms with van der Waals surface area (Å²) in [5, 5.41) is 25.2. The number of fused-ring (bicyclic) bond motifs is 1. The quantitative estimate of drug-likeness (QED) is 0.690. The van der Waals surface area contributed by atoms with Crippen LogP contribution in [0.25, 0.3) is 5.69 Å². The highest BCUT2D eigenvalue weighted by Crippen LogP contribution is 2.32. The highest BCUT2D eigenvalue weighted by Gasteiger charge is 2.20. The highest BCUT2D eigenvalue weighted by molar-refractivity contribution is 6.33. The Bertz CT molecular complexity index is 867. The van der Waals surface area contributed by atoms with E-state index in [9.17, 15) is 9.59 Å². The van der Waals surface area contributed by atoms with Crippen LogP contribution in [0.2, 0.25) is 10.0 Å². The number of rotatable bonds is 4. The third kappa shape index (κ3) is 5.47. The number of aromatic nitrogens is 2. The average Bonchev–Trinajstić information content (AvgIpc) is 2.83. The van der Waals surface area contributed by atoms with Gasteiger partial charge in [0, 0.05) is 0 Å². The number of hydrogen-bond acceptors (Lipinski definition) is 4. The summed E-state index contributed by atoms with van der Waals surface area (Å²) in [6.45, 7) is 5.87. The van der Waals surface area contributed by atoms with Gasteiger partial charge in [-0.1, -0.05) is 29.3 Å². The maximum absolute atomic E-state index is 9.64. The molecule has 0 aliphatic carbocycles. The van der Waals surface area contributed by atoms with Crippen molar-refractivity contribution in [2.24, 2.45) is 0 Å². The summed E-state index contributed by atoms with van der Waals surface area (Å²) in [6.07, 6.45) is 1.39. The van der Waals surface area contributed by atoms with Gasteiger partial charge < -0.3 is 15.5 Å². The van der Waals surface area contributed by atoms with Gasteiger partial charge in [0.05, 0.1) is 40.0 Å². The Morgan fingerprint density at radius 2 is 1.71 bits per heavy atom. The van der Waals surface area contributed by atoms with Crippen LogP contribution in [0.5, 0.6) is 0 Å². The van der Waals surface area contributed by atoms with Gasteiger partial charge in [-0.15, -0.1) is 0 Å². The minimum absolute atomic E-state index is 0.296. The van der Waals surface area contributed by atoms with Crippen molar-refractivity contribution in [3.63, 3.8) is 0 Å². The van der Waals surface area contributed by atoms with E-state index >= 15 is 0 Å². The second-order valence-corrected chi connectivity index (χ2v) is 7.25. The number of aliphatic carboxylic acids is 2. The summed E-state index contributed by atoms with van der Waals surface area (Å²) in [5.41, 5.74) is 5.39. The lowest BCUT2D eigenvalue weighted by atomic mass is 10.0. The molecule has 9 heteroatoms.